The van der Waals surface area contributed by atoms with Gasteiger partial charge in [-0.3, -0.25) is 9.69 Å². The second-order valence-corrected chi connectivity index (χ2v) is 6.60. The molecule has 5 nitrogen and oxygen atoms in total. The zero-order chi connectivity index (χ0) is 19.4. The lowest BCUT2D eigenvalue weighted by molar-refractivity contribution is -0.274. The largest absolute Gasteiger partial charge is 0.573 e. The summed E-state index contributed by atoms with van der Waals surface area (Å²) in [5.74, 6) is 0.258. The molecule has 0 atom stereocenters. The second kappa shape index (κ2) is 8.04. The summed E-state index contributed by atoms with van der Waals surface area (Å²) in [5.41, 5.74) is 0.960. The van der Waals surface area contributed by atoms with Crippen LogP contribution < -0.4 is 15.0 Å². The number of ether oxygens (including phenoxy) is 2. The first-order chi connectivity index (χ1) is 12.8. The van der Waals surface area contributed by atoms with Crippen molar-refractivity contribution < 1.29 is 22.6 Å². The van der Waals surface area contributed by atoms with Crippen LogP contribution in [0.4, 0.5) is 13.2 Å². The smallest absolute Gasteiger partial charge is 0.490 e. The number of halogens is 3. The number of alkyl halides is 3. The maximum absolute atomic E-state index is 12.2. The first-order valence-corrected chi connectivity index (χ1v) is 8.69. The highest BCUT2D eigenvalue weighted by Crippen LogP contribution is 2.26. The summed E-state index contributed by atoms with van der Waals surface area (Å²) >= 11 is 0. The lowest BCUT2D eigenvalue weighted by atomic mass is 10.1. The van der Waals surface area contributed by atoms with E-state index in [1.54, 1.807) is 19.3 Å². The van der Waals surface area contributed by atoms with Crippen LogP contribution in [-0.2, 0) is 13.6 Å². The van der Waals surface area contributed by atoms with Crippen molar-refractivity contribution in [2.24, 2.45) is 7.05 Å². The molecule has 2 aromatic rings. The molecule has 1 aromatic heterocycles. The summed E-state index contributed by atoms with van der Waals surface area (Å²) < 4.78 is 47.8. The molecule has 0 bridgehead atoms. The van der Waals surface area contributed by atoms with Gasteiger partial charge in [-0.25, -0.2) is 0 Å². The Kier molecular flexibility index (Phi) is 5.74. The van der Waals surface area contributed by atoms with E-state index in [2.05, 4.69) is 9.64 Å². The van der Waals surface area contributed by atoms with Gasteiger partial charge >= 0.3 is 6.36 Å². The van der Waals surface area contributed by atoms with Crippen LogP contribution in [0.5, 0.6) is 11.5 Å². The van der Waals surface area contributed by atoms with Crippen LogP contribution in [-0.4, -0.2) is 35.0 Å². The fourth-order valence-electron chi connectivity index (χ4n) is 3.04. The van der Waals surface area contributed by atoms with E-state index < -0.39 is 6.36 Å². The summed E-state index contributed by atoms with van der Waals surface area (Å²) in [7, 11) is 1.72. The maximum atomic E-state index is 12.2. The molecule has 1 fully saturated rings. The van der Waals surface area contributed by atoms with Gasteiger partial charge in [-0.15, -0.1) is 13.2 Å². The van der Waals surface area contributed by atoms with E-state index in [0.29, 0.717) is 12.3 Å². The van der Waals surface area contributed by atoms with Gasteiger partial charge in [-0.1, -0.05) is 0 Å². The number of benzene rings is 1. The maximum Gasteiger partial charge on any atom is 0.573 e. The van der Waals surface area contributed by atoms with Crippen LogP contribution >= 0.6 is 0 Å². The van der Waals surface area contributed by atoms with E-state index in [9.17, 15) is 18.0 Å². The summed E-state index contributed by atoms with van der Waals surface area (Å²) in [4.78, 5) is 13.9. The molecular weight excluding hydrogens is 361 g/mol. The Morgan fingerprint density at radius 2 is 1.70 bits per heavy atom. The van der Waals surface area contributed by atoms with Crippen LogP contribution in [0.15, 0.2) is 47.4 Å². The molecule has 0 saturated carbocycles. The predicted molar refractivity (Wildman–Crippen MR) is 93.7 cm³/mol. The number of piperidine rings is 1. The second-order valence-electron chi connectivity index (χ2n) is 6.60. The Labute approximate surface area is 154 Å². The van der Waals surface area contributed by atoms with Gasteiger partial charge in [0.05, 0.1) is 0 Å². The van der Waals surface area contributed by atoms with Crippen molar-refractivity contribution in [3.8, 4) is 11.5 Å². The molecule has 0 spiro atoms. The summed E-state index contributed by atoms with van der Waals surface area (Å²) in [6.07, 6.45) is -1.30. The van der Waals surface area contributed by atoms with E-state index in [4.69, 9.17) is 4.74 Å². The van der Waals surface area contributed by atoms with Gasteiger partial charge in [-0.2, -0.15) is 0 Å². The molecule has 0 N–H and O–H groups in total. The van der Waals surface area contributed by atoms with Gasteiger partial charge in [0.25, 0.3) is 5.56 Å². The van der Waals surface area contributed by atoms with Crippen molar-refractivity contribution in [3.05, 3.63) is 58.5 Å². The molecule has 146 valence electrons. The minimum absolute atomic E-state index is 0.0132. The Hall–Kier alpha value is -2.48. The number of aromatic nitrogens is 1. The Morgan fingerprint density at radius 3 is 2.30 bits per heavy atom. The number of pyridine rings is 1. The van der Waals surface area contributed by atoms with Crippen LogP contribution in [0.2, 0.25) is 0 Å². The molecule has 1 aliphatic heterocycles. The number of hydrogen-bond donors (Lipinski definition) is 0. The third-order valence-electron chi connectivity index (χ3n) is 4.47. The SMILES string of the molecule is Cn1ccc(CN2CCC(Oc3ccc(OC(F)(F)F)cc3)CC2)cc1=O. The van der Waals surface area contributed by atoms with Crippen molar-refractivity contribution in [1.82, 2.24) is 9.47 Å². The van der Waals surface area contributed by atoms with Gasteiger partial charge in [0, 0.05) is 38.9 Å². The minimum Gasteiger partial charge on any atom is -0.490 e. The molecule has 2 heterocycles. The first kappa shape index (κ1) is 19.3. The number of likely N-dealkylation sites (tertiary alicyclic amines) is 1. The topological polar surface area (TPSA) is 43.7 Å². The third kappa shape index (κ3) is 5.75. The van der Waals surface area contributed by atoms with Crippen LogP contribution in [0.25, 0.3) is 0 Å². The summed E-state index contributed by atoms with van der Waals surface area (Å²) in [6, 6.07) is 9.03. The fourth-order valence-corrected chi connectivity index (χ4v) is 3.04. The van der Waals surface area contributed by atoms with Gasteiger partial charge in [0.2, 0.25) is 0 Å². The Balaban J connectivity index is 1.47. The van der Waals surface area contributed by atoms with Crippen molar-refractivity contribution in [2.45, 2.75) is 31.9 Å². The highest BCUT2D eigenvalue weighted by molar-refractivity contribution is 5.31. The molecule has 1 saturated heterocycles. The normalized spacial score (nSPS) is 16.3. The molecule has 3 rings (SSSR count). The lowest BCUT2D eigenvalue weighted by Gasteiger charge is -2.32. The van der Waals surface area contributed by atoms with Gasteiger partial charge in [0.15, 0.2) is 0 Å². The van der Waals surface area contributed by atoms with E-state index in [1.807, 2.05) is 6.07 Å². The first-order valence-electron chi connectivity index (χ1n) is 8.69. The van der Waals surface area contributed by atoms with E-state index in [0.717, 1.165) is 31.5 Å². The zero-order valence-corrected chi connectivity index (χ0v) is 14.9. The average Bonchev–Trinajstić information content (AvgIpc) is 2.60. The number of nitrogens with zero attached hydrogens (tertiary/aromatic N) is 2. The van der Waals surface area contributed by atoms with E-state index in [-0.39, 0.29) is 17.4 Å². The fraction of sp³-hybridized carbons (Fsp3) is 0.421. The zero-order valence-electron chi connectivity index (χ0n) is 14.9. The molecule has 0 amide bonds. The standard InChI is InChI=1S/C19H21F3N2O3/c1-23-9-6-14(12-18(23)25)13-24-10-7-16(8-11-24)26-15-2-4-17(5-3-15)27-19(20,21)22/h2-6,9,12,16H,7-8,10-11,13H2,1H3. The van der Waals surface area contributed by atoms with Crippen LogP contribution in [0.3, 0.4) is 0 Å². The van der Waals surface area contributed by atoms with Crippen molar-refractivity contribution in [2.75, 3.05) is 13.1 Å². The molecule has 1 aliphatic rings. The summed E-state index contributed by atoms with van der Waals surface area (Å²) in [6.45, 7) is 2.37. The molecule has 27 heavy (non-hydrogen) atoms. The Bertz CT molecular complexity index is 810. The highest BCUT2D eigenvalue weighted by atomic mass is 19.4. The average molecular weight is 382 g/mol. The van der Waals surface area contributed by atoms with Crippen molar-refractivity contribution in [3.63, 3.8) is 0 Å². The van der Waals surface area contributed by atoms with Gasteiger partial charge in [0.1, 0.15) is 17.6 Å². The van der Waals surface area contributed by atoms with Crippen LogP contribution in [0.1, 0.15) is 18.4 Å². The van der Waals surface area contributed by atoms with Crippen LogP contribution in [0, 0.1) is 0 Å². The van der Waals surface area contributed by atoms with Crippen molar-refractivity contribution in [1.29, 1.82) is 0 Å². The monoisotopic (exact) mass is 382 g/mol. The van der Waals surface area contributed by atoms with Crippen molar-refractivity contribution >= 4 is 0 Å². The molecule has 8 heteroatoms. The molecule has 1 aromatic carbocycles. The quantitative estimate of drug-likeness (QED) is 0.796. The number of aryl methyl sites for hydroxylation is 1. The van der Waals surface area contributed by atoms with E-state index >= 15 is 0 Å². The third-order valence-corrected chi connectivity index (χ3v) is 4.47. The lowest BCUT2D eigenvalue weighted by Crippen LogP contribution is -2.38. The number of hydrogen-bond acceptors (Lipinski definition) is 4. The predicted octanol–water partition coefficient (Wildman–Crippen LogP) is 3.33. The number of rotatable bonds is 5. The Morgan fingerprint density at radius 1 is 1.07 bits per heavy atom. The minimum atomic E-state index is -4.70. The van der Waals surface area contributed by atoms with Gasteiger partial charge < -0.3 is 14.0 Å². The van der Waals surface area contributed by atoms with E-state index in [1.165, 1.54) is 28.8 Å². The molecule has 0 aliphatic carbocycles. The highest BCUT2D eigenvalue weighted by Gasteiger charge is 2.31. The molecular formula is C19H21F3N2O3. The van der Waals surface area contributed by atoms with Gasteiger partial charge in [-0.05, 0) is 48.7 Å². The summed E-state index contributed by atoms with van der Waals surface area (Å²) in [5, 5.41) is 0. The molecule has 0 unspecified atom stereocenters. The molecule has 0 radical (unpaired) electrons.